The van der Waals surface area contributed by atoms with E-state index >= 15 is 0 Å². The van der Waals surface area contributed by atoms with Gasteiger partial charge in [0.05, 0.1) is 17.6 Å². The van der Waals surface area contributed by atoms with Crippen molar-refractivity contribution >= 4 is 17.0 Å². The Labute approximate surface area is 125 Å². The Kier molecular flexibility index (Phi) is 3.47. The van der Waals surface area contributed by atoms with Gasteiger partial charge in [-0.2, -0.15) is 0 Å². The number of aryl methyl sites for hydroxylation is 2. The molecule has 0 bridgehead atoms. The summed E-state index contributed by atoms with van der Waals surface area (Å²) in [5.41, 5.74) is 2.66. The molecule has 0 unspecified atom stereocenters. The van der Waals surface area contributed by atoms with Gasteiger partial charge in [-0.1, -0.05) is 18.9 Å². The molecular formula is C17H22N2O2. The minimum Gasteiger partial charge on any atom is -0.465 e. The van der Waals surface area contributed by atoms with Gasteiger partial charge in [0.2, 0.25) is 0 Å². The molecule has 0 spiro atoms. The minimum absolute atomic E-state index is 0.113. The molecule has 2 aromatic rings. The number of hydrogen-bond donors (Lipinski definition) is 0. The number of imidazole rings is 1. The Balaban J connectivity index is 2.16. The first-order valence-electron chi connectivity index (χ1n) is 7.69. The van der Waals surface area contributed by atoms with Crippen molar-refractivity contribution in [3.63, 3.8) is 0 Å². The predicted molar refractivity (Wildman–Crippen MR) is 82.2 cm³/mol. The summed E-state index contributed by atoms with van der Waals surface area (Å²) in [6.07, 6.45) is 3.78. The van der Waals surface area contributed by atoms with Crippen molar-refractivity contribution < 1.29 is 9.53 Å². The summed E-state index contributed by atoms with van der Waals surface area (Å²) in [6, 6.07) is 6.24. The molecule has 1 aromatic heterocycles. The lowest BCUT2D eigenvalue weighted by molar-refractivity contribution is -0.150. The van der Waals surface area contributed by atoms with E-state index in [1.165, 1.54) is 5.56 Å². The molecule has 4 heteroatoms. The zero-order valence-electron chi connectivity index (χ0n) is 13.0. The van der Waals surface area contributed by atoms with Gasteiger partial charge in [0, 0.05) is 7.05 Å². The van der Waals surface area contributed by atoms with E-state index in [-0.39, 0.29) is 5.97 Å². The quantitative estimate of drug-likeness (QED) is 0.813. The van der Waals surface area contributed by atoms with Crippen LogP contribution in [0.1, 0.15) is 44.0 Å². The van der Waals surface area contributed by atoms with Gasteiger partial charge in [-0.05, 0) is 44.4 Å². The second kappa shape index (κ2) is 5.17. The molecule has 0 N–H and O–H groups in total. The minimum atomic E-state index is -0.558. The van der Waals surface area contributed by atoms with Crippen LogP contribution in [-0.4, -0.2) is 22.1 Å². The third kappa shape index (κ3) is 2.13. The number of esters is 1. The lowest BCUT2D eigenvalue weighted by atomic mass is 9.85. The van der Waals surface area contributed by atoms with Crippen molar-refractivity contribution in [3.05, 3.63) is 29.6 Å². The first-order chi connectivity index (χ1) is 10.1. The van der Waals surface area contributed by atoms with Gasteiger partial charge in [-0.25, -0.2) is 4.98 Å². The summed E-state index contributed by atoms with van der Waals surface area (Å²) in [6.45, 7) is 4.34. The first kappa shape index (κ1) is 14.1. The monoisotopic (exact) mass is 286 g/mol. The van der Waals surface area contributed by atoms with Crippen LogP contribution < -0.4 is 0 Å². The average molecular weight is 286 g/mol. The molecule has 1 fully saturated rings. The fourth-order valence-corrected chi connectivity index (χ4v) is 3.50. The molecule has 0 amide bonds. The van der Waals surface area contributed by atoms with Crippen molar-refractivity contribution in [1.82, 2.24) is 9.55 Å². The van der Waals surface area contributed by atoms with Crippen LogP contribution >= 0.6 is 0 Å². The number of nitrogens with zero attached hydrogens (tertiary/aromatic N) is 2. The normalized spacial score (nSPS) is 17.3. The van der Waals surface area contributed by atoms with Gasteiger partial charge in [0.25, 0.3) is 0 Å². The molecule has 112 valence electrons. The van der Waals surface area contributed by atoms with Crippen LogP contribution in [0, 0.1) is 6.92 Å². The third-order valence-corrected chi connectivity index (χ3v) is 4.59. The smallest absolute Gasteiger partial charge is 0.319 e. The molecule has 0 radical (unpaired) electrons. The molecule has 4 nitrogen and oxygen atoms in total. The van der Waals surface area contributed by atoms with E-state index in [1.807, 2.05) is 14.0 Å². The maximum Gasteiger partial charge on any atom is 0.319 e. The second-order valence-corrected chi connectivity index (χ2v) is 6.00. The molecule has 1 saturated carbocycles. The average Bonchev–Trinajstić information content (AvgIpc) is 3.05. The maximum absolute atomic E-state index is 12.6. The van der Waals surface area contributed by atoms with Crippen molar-refractivity contribution in [3.8, 4) is 0 Å². The topological polar surface area (TPSA) is 44.1 Å². The highest BCUT2D eigenvalue weighted by molar-refractivity contribution is 5.85. The van der Waals surface area contributed by atoms with Crippen LogP contribution in [0.3, 0.4) is 0 Å². The molecule has 1 aliphatic carbocycles. The summed E-state index contributed by atoms with van der Waals surface area (Å²) in [5.74, 6) is 0.747. The fraction of sp³-hybridized carbons (Fsp3) is 0.529. The lowest BCUT2D eigenvalue weighted by Gasteiger charge is -2.25. The molecule has 1 heterocycles. The Morgan fingerprint density at radius 3 is 2.76 bits per heavy atom. The summed E-state index contributed by atoms with van der Waals surface area (Å²) in [7, 11) is 2.00. The van der Waals surface area contributed by atoms with E-state index in [2.05, 4.69) is 29.7 Å². The number of fused-ring (bicyclic) bond motifs is 1. The van der Waals surface area contributed by atoms with Gasteiger partial charge >= 0.3 is 5.97 Å². The molecule has 0 saturated heterocycles. The number of carbonyl (C=O) groups excluding carboxylic acids is 1. The van der Waals surface area contributed by atoms with Gasteiger partial charge in [-0.15, -0.1) is 0 Å². The highest BCUT2D eigenvalue weighted by Gasteiger charge is 2.47. The van der Waals surface area contributed by atoms with Crippen LogP contribution in [0.5, 0.6) is 0 Å². The van der Waals surface area contributed by atoms with Crippen LogP contribution in [0.4, 0.5) is 0 Å². The van der Waals surface area contributed by atoms with Gasteiger partial charge < -0.3 is 9.30 Å². The lowest BCUT2D eigenvalue weighted by Crippen LogP contribution is -2.37. The van der Waals surface area contributed by atoms with Gasteiger partial charge in [0.15, 0.2) is 0 Å². The van der Waals surface area contributed by atoms with Crippen molar-refractivity contribution in [2.45, 2.75) is 44.9 Å². The Hall–Kier alpha value is -1.84. The Morgan fingerprint density at radius 1 is 1.38 bits per heavy atom. The standard InChI is InChI=1S/C17H22N2O2/c1-4-21-16(20)17(9-5-6-10-17)15-18-13-11-12(2)7-8-14(13)19(15)3/h7-8,11H,4-6,9-10H2,1-3H3. The molecule has 0 atom stereocenters. The van der Waals surface area contributed by atoms with Crippen LogP contribution in [0.15, 0.2) is 18.2 Å². The second-order valence-electron chi connectivity index (χ2n) is 6.00. The highest BCUT2D eigenvalue weighted by Crippen LogP contribution is 2.42. The Bertz CT molecular complexity index is 681. The van der Waals surface area contributed by atoms with Crippen LogP contribution in [-0.2, 0) is 22.0 Å². The highest BCUT2D eigenvalue weighted by atomic mass is 16.5. The molecule has 3 rings (SSSR count). The first-order valence-corrected chi connectivity index (χ1v) is 7.69. The number of carbonyl (C=O) groups is 1. The molecular weight excluding hydrogens is 264 g/mol. The number of ether oxygens (including phenoxy) is 1. The fourth-order valence-electron chi connectivity index (χ4n) is 3.50. The molecule has 1 aromatic carbocycles. The van der Waals surface area contributed by atoms with Crippen LogP contribution in [0.2, 0.25) is 0 Å². The van der Waals surface area contributed by atoms with Crippen LogP contribution in [0.25, 0.3) is 11.0 Å². The Morgan fingerprint density at radius 2 is 2.10 bits per heavy atom. The van der Waals surface area contributed by atoms with E-state index in [4.69, 9.17) is 9.72 Å². The number of rotatable bonds is 3. The molecule has 21 heavy (non-hydrogen) atoms. The SMILES string of the molecule is CCOC(=O)C1(c2nc3cc(C)ccc3n2C)CCCC1. The summed E-state index contributed by atoms with van der Waals surface area (Å²) in [4.78, 5) is 17.4. The number of aromatic nitrogens is 2. The van der Waals surface area contributed by atoms with E-state index in [0.717, 1.165) is 42.5 Å². The van der Waals surface area contributed by atoms with Crippen molar-refractivity contribution in [1.29, 1.82) is 0 Å². The zero-order chi connectivity index (χ0) is 15.0. The van der Waals surface area contributed by atoms with Crippen molar-refractivity contribution in [2.24, 2.45) is 7.05 Å². The molecule has 1 aliphatic rings. The van der Waals surface area contributed by atoms with Gasteiger partial charge in [0.1, 0.15) is 11.2 Å². The number of hydrogen-bond acceptors (Lipinski definition) is 3. The summed E-state index contributed by atoms with van der Waals surface area (Å²) < 4.78 is 7.43. The third-order valence-electron chi connectivity index (χ3n) is 4.59. The maximum atomic E-state index is 12.6. The predicted octanol–water partition coefficient (Wildman–Crippen LogP) is 3.26. The number of benzene rings is 1. The van der Waals surface area contributed by atoms with Crippen molar-refractivity contribution in [2.75, 3.05) is 6.61 Å². The van der Waals surface area contributed by atoms with E-state index in [0.29, 0.717) is 6.61 Å². The van der Waals surface area contributed by atoms with Gasteiger partial charge in [-0.3, -0.25) is 4.79 Å². The van der Waals surface area contributed by atoms with E-state index in [9.17, 15) is 4.79 Å². The summed E-state index contributed by atoms with van der Waals surface area (Å²) in [5, 5.41) is 0. The van der Waals surface area contributed by atoms with E-state index in [1.54, 1.807) is 0 Å². The summed E-state index contributed by atoms with van der Waals surface area (Å²) >= 11 is 0. The van der Waals surface area contributed by atoms with E-state index < -0.39 is 5.41 Å². The largest absolute Gasteiger partial charge is 0.465 e. The zero-order valence-corrected chi connectivity index (χ0v) is 13.0. The molecule has 0 aliphatic heterocycles.